The van der Waals surface area contributed by atoms with Gasteiger partial charge in [0.25, 0.3) is 0 Å². The van der Waals surface area contributed by atoms with Gasteiger partial charge in [-0.25, -0.2) is 0 Å². The molecule has 0 bridgehead atoms. The third kappa shape index (κ3) is 5.40. The number of hydrogen-bond donors (Lipinski definition) is 2. The van der Waals surface area contributed by atoms with Crippen molar-refractivity contribution < 1.29 is 14.7 Å². The molecule has 1 amide bonds. The number of hydrogen-bond acceptors (Lipinski definition) is 3. The maximum atomic E-state index is 12.0. The quantitative estimate of drug-likeness (QED) is 0.763. The number of rotatable bonds is 8. The molecule has 5 heteroatoms. The Hall–Kier alpha value is -1.88. The van der Waals surface area contributed by atoms with Crippen LogP contribution in [-0.4, -0.2) is 41.5 Å². The summed E-state index contributed by atoms with van der Waals surface area (Å²) >= 11 is 0. The predicted octanol–water partition coefficient (Wildman–Crippen LogP) is 1.98. The maximum absolute atomic E-state index is 12.0. The molecule has 20 heavy (non-hydrogen) atoms. The molecule has 0 aliphatic heterocycles. The van der Waals surface area contributed by atoms with Gasteiger partial charge in [0.1, 0.15) is 0 Å². The van der Waals surface area contributed by atoms with Crippen molar-refractivity contribution in [3.05, 3.63) is 29.8 Å². The normalized spacial score (nSPS) is 10.6. The lowest BCUT2D eigenvalue weighted by molar-refractivity contribution is -0.137. The summed E-state index contributed by atoms with van der Waals surface area (Å²) in [5.41, 5.74) is 1.92. The van der Waals surface area contributed by atoms with Crippen LogP contribution in [0.2, 0.25) is 0 Å². The van der Waals surface area contributed by atoms with Crippen LogP contribution in [0.5, 0.6) is 0 Å². The van der Waals surface area contributed by atoms with Gasteiger partial charge in [-0.2, -0.15) is 0 Å². The summed E-state index contributed by atoms with van der Waals surface area (Å²) in [6.07, 6.45) is 0.902. The lowest BCUT2D eigenvalue weighted by Gasteiger charge is -2.19. The minimum atomic E-state index is -0.847. The number of nitrogens with one attached hydrogen (secondary N) is 1. The Balaban J connectivity index is 2.55. The molecule has 0 aliphatic rings. The van der Waals surface area contributed by atoms with Gasteiger partial charge < -0.3 is 10.4 Å². The SMILES string of the molecule is CCc1ccccc1NC(=O)CN(CC)CCC(=O)O. The van der Waals surface area contributed by atoms with Gasteiger partial charge in [-0.1, -0.05) is 32.0 Å². The highest BCUT2D eigenvalue weighted by Gasteiger charge is 2.11. The first-order chi connectivity index (χ1) is 9.56. The Kier molecular flexibility index (Phi) is 6.73. The lowest BCUT2D eigenvalue weighted by atomic mass is 10.1. The standard InChI is InChI=1S/C15H22N2O3/c1-3-12-7-5-6-8-13(12)16-14(18)11-17(4-2)10-9-15(19)20/h5-8H,3-4,9-11H2,1-2H3,(H,16,18)(H,19,20). The zero-order valence-electron chi connectivity index (χ0n) is 12.1. The van der Waals surface area contributed by atoms with Crippen molar-refractivity contribution in [3.8, 4) is 0 Å². The summed E-state index contributed by atoms with van der Waals surface area (Å²) in [6, 6.07) is 7.69. The van der Waals surface area contributed by atoms with Crippen molar-refractivity contribution in [1.29, 1.82) is 0 Å². The Morgan fingerprint density at radius 3 is 2.55 bits per heavy atom. The van der Waals surface area contributed by atoms with Gasteiger partial charge >= 0.3 is 5.97 Å². The topological polar surface area (TPSA) is 69.6 Å². The molecule has 0 spiro atoms. The van der Waals surface area contributed by atoms with Crippen LogP contribution >= 0.6 is 0 Å². The number of aryl methyl sites for hydroxylation is 1. The summed E-state index contributed by atoms with van der Waals surface area (Å²) in [4.78, 5) is 24.4. The van der Waals surface area contributed by atoms with Crippen LogP contribution in [0.15, 0.2) is 24.3 Å². The minimum absolute atomic E-state index is 0.0483. The largest absolute Gasteiger partial charge is 0.481 e. The molecule has 5 nitrogen and oxygen atoms in total. The molecule has 0 fully saturated rings. The number of likely N-dealkylation sites (N-methyl/N-ethyl adjacent to an activating group) is 1. The molecule has 0 saturated heterocycles. The molecule has 0 aromatic heterocycles. The smallest absolute Gasteiger partial charge is 0.304 e. The van der Waals surface area contributed by atoms with E-state index >= 15 is 0 Å². The van der Waals surface area contributed by atoms with Crippen LogP contribution in [0.25, 0.3) is 0 Å². The van der Waals surface area contributed by atoms with Crippen molar-refractivity contribution >= 4 is 17.6 Å². The predicted molar refractivity (Wildman–Crippen MR) is 78.8 cm³/mol. The molecule has 0 atom stereocenters. The zero-order valence-corrected chi connectivity index (χ0v) is 12.1. The number of carboxylic acid groups (broad SMARTS) is 1. The van der Waals surface area contributed by atoms with E-state index in [-0.39, 0.29) is 18.9 Å². The van der Waals surface area contributed by atoms with Crippen molar-refractivity contribution in [3.63, 3.8) is 0 Å². The van der Waals surface area contributed by atoms with Crippen molar-refractivity contribution in [2.24, 2.45) is 0 Å². The monoisotopic (exact) mass is 278 g/mol. The van der Waals surface area contributed by atoms with Crippen LogP contribution in [0.1, 0.15) is 25.8 Å². The summed E-state index contributed by atoms with van der Waals surface area (Å²) in [5, 5.41) is 11.6. The highest BCUT2D eigenvalue weighted by molar-refractivity contribution is 5.93. The number of benzene rings is 1. The molecular formula is C15H22N2O3. The van der Waals surface area contributed by atoms with E-state index in [4.69, 9.17) is 5.11 Å². The molecule has 1 aromatic carbocycles. The van der Waals surface area contributed by atoms with Crippen LogP contribution < -0.4 is 5.32 Å². The fourth-order valence-corrected chi connectivity index (χ4v) is 1.95. The number of para-hydroxylation sites is 1. The van der Waals surface area contributed by atoms with Gasteiger partial charge in [-0.15, -0.1) is 0 Å². The van der Waals surface area contributed by atoms with Crippen molar-refractivity contribution in [2.75, 3.05) is 25.0 Å². The highest BCUT2D eigenvalue weighted by atomic mass is 16.4. The first kappa shape index (κ1) is 16.2. The molecule has 0 unspecified atom stereocenters. The van der Waals surface area contributed by atoms with Gasteiger partial charge in [0, 0.05) is 12.2 Å². The van der Waals surface area contributed by atoms with E-state index in [1.54, 1.807) is 0 Å². The average Bonchev–Trinajstić information content (AvgIpc) is 2.43. The molecule has 0 heterocycles. The van der Waals surface area contributed by atoms with E-state index < -0.39 is 5.97 Å². The van der Waals surface area contributed by atoms with Gasteiger partial charge in [0.15, 0.2) is 0 Å². The maximum Gasteiger partial charge on any atom is 0.304 e. The second-order valence-electron chi connectivity index (χ2n) is 4.57. The Bertz CT molecular complexity index is 460. The van der Waals surface area contributed by atoms with Crippen molar-refractivity contribution in [1.82, 2.24) is 4.90 Å². The van der Waals surface area contributed by atoms with Crippen LogP contribution in [-0.2, 0) is 16.0 Å². The Morgan fingerprint density at radius 2 is 1.95 bits per heavy atom. The molecule has 110 valence electrons. The lowest BCUT2D eigenvalue weighted by Crippen LogP contribution is -2.34. The number of carbonyl (C=O) groups excluding carboxylic acids is 1. The van der Waals surface area contributed by atoms with Crippen LogP contribution in [0.4, 0.5) is 5.69 Å². The number of carboxylic acids is 1. The third-order valence-electron chi connectivity index (χ3n) is 3.13. The first-order valence-corrected chi connectivity index (χ1v) is 6.88. The van der Waals surface area contributed by atoms with Gasteiger partial charge in [0.05, 0.1) is 13.0 Å². The molecule has 1 aromatic rings. The number of amides is 1. The summed E-state index contributed by atoms with van der Waals surface area (Å²) in [6.45, 7) is 5.19. The summed E-state index contributed by atoms with van der Waals surface area (Å²) < 4.78 is 0. The van der Waals surface area contributed by atoms with Crippen molar-refractivity contribution in [2.45, 2.75) is 26.7 Å². The zero-order chi connectivity index (χ0) is 15.0. The van der Waals surface area contributed by atoms with E-state index in [1.165, 1.54) is 0 Å². The van der Waals surface area contributed by atoms with Crippen LogP contribution in [0, 0.1) is 0 Å². The van der Waals surface area contributed by atoms with E-state index in [0.29, 0.717) is 13.1 Å². The van der Waals surface area contributed by atoms with Gasteiger partial charge in [0.2, 0.25) is 5.91 Å². The third-order valence-corrected chi connectivity index (χ3v) is 3.13. The number of nitrogens with zero attached hydrogens (tertiary/aromatic N) is 1. The number of aliphatic carboxylic acids is 1. The first-order valence-electron chi connectivity index (χ1n) is 6.88. The summed E-state index contributed by atoms with van der Waals surface area (Å²) in [5.74, 6) is -0.960. The van der Waals surface area contributed by atoms with Gasteiger partial charge in [-0.05, 0) is 24.6 Å². The number of carbonyl (C=O) groups is 2. The second kappa shape index (κ2) is 8.32. The Morgan fingerprint density at radius 1 is 1.25 bits per heavy atom. The Labute approximate surface area is 119 Å². The van der Waals surface area contributed by atoms with E-state index in [1.807, 2.05) is 43.0 Å². The van der Waals surface area contributed by atoms with E-state index in [0.717, 1.165) is 17.7 Å². The van der Waals surface area contributed by atoms with E-state index in [2.05, 4.69) is 5.32 Å². The summed E-state index contributed by atoms with van der Waals surface area (Å²) in [7, 11) is 0. The molecule has 1 rings (SSSR count). The average molecular weight is 278 g/mol. The minimum Gasteiger partial charge on any atom is -0.481 e. The molecular weight excluding hydrogens is 256 g/mol. The fraction of sp³-hybridized carbons (Fsp3) is 0.467. The molecule has 0 saturated carbocycles. The fourth-order valence-electron chi connectivity index (χ4n) is 1.95. The molecule has 0 aliphatic carbocycles. The second-order valence-corrected chi connectivity index (χ2v) is 4.57. The molecule has 2 N–H and O–H groups in total. The number of anilines is 1. The van der Waals surface area contributed by atoms with Crippen LogP contribution in [0.3, 0.4) is 0 Å². The van der Waals surface area contributed by atoms with Gasteiger partial charge in [-0.3, -0.25) is 14.5 Å². The highest BCUT2D eigenvalue weighted by Crippen LogP contribution is 2.15. The molecule has 0 radical (unpaired) electrons. The van der Waals surface area contributed by atoms with E-state index in [9.17, 15) is 9.59 Å².